The third-order valence-electron chi connectivity index (χ3n) is 2.40. The second-order valence-corrected chi connectivity index (χ2v) is 4.10. The molecule has 2 rings (SSSR count). The van der Waals surface area contributed by atoms with Gasteiger partial charge in [-0.1, -0.05) is 12.1 Å². The molecule has 1 aromatic carbocycles. The number of rotatable bonds is 2. The largest absolute Gasteiger partial charge is 0.346 e. The summed E-state index contributed by atoms with van der Waals surface area (Å²) in [5, 5.41) is 1.17. The Balaban J connectivity index is 2.73. The first-order chi connectivity index (χ1) is 6.74. The standard InChI is InChI=1S/C11H10BrNO/c1-13-9(5-6-14)7-8-3-2-4-10(12)11(8)13/h2-4,6-7H,5H2,1H3. The maximum atomic E-state index is 10.5. The number of fused-ring (bicyclic) bond motifs is 1. The Hall–Kier alpha value is -1.09. The van der Waals surface area contributed by atoms with Crippen LogP contribution in [0.1, 0.15) is 5.69 Å². The summed E-state index contributed by atoms with van der Waals surface area (Å²) in [6, 6.07) is 8.10. The van der Waals surface area contributed by atoms with Gasteiger partial charge in [0.15, 0.2) is 0 Å². The van der Waals surface area contributed by atoms with Crippen molar-refractivity contribution in [3.8, 4) is 0 Å². The van der Waals surface area contributed by atoms with Crippen LogP contribution >= 0.6 is 15.9 Å². The Labute approximate surface area is 90.7 Å². The van der Waals surface area contributed by atoms with Crippen LogP contribution in [-0.2, 0) is 18.3 Å². The molecule has 2 aromatic rings. The highest BCUT2D eigenvalue weighted by molar-refractivity contribution is 9.10. The SMILES string of the molecule is Cn1c(CC=O)cc2cccc(Br)c21. The third kappa shape index (κ3) is 1.38. The minimum absolute atomic E-state index is 0.470. The van der Waals surface area contributed by atoms with Gasteiger partial charge < -0.3 is 9.36 Å². The van der Waals surface area contributed by atoms with Crippen LogP contribution in [0.25, 0.3) is 10.9 Å². The number of aryl methyl sites for hydroxylation is 1. The van der Waals surface area contributed by atoms with Crippen LogP contribution in [0.3, 0.4) is 0 Å². The molecule has 0 aliphatic rings. The van der Waals surface area contributed by atoms with Crippen LogP contribution in [0.2, 0.25) is 0 Å². The Morgan fingerprint density at radius 1 is 1.50 bits per heavy atom. The minimum Gasteiger partial charge on any atom is -0.346 e. The lowest BCUT2D eigenvalue weighted by Crippen LogP contribution is -1.96. The average molecular weight is 252 g/mol. The third-order valence-corrected chi connectivity index (χ3v) is 3.04. The average Bonchev–Trinajstić information content (AvgIpc) is 2.46. The van der Waals surface area contributed by atoms with Crippen molar-refractivity contribution in [2.45, 2.75) is 6.42 Å². The molecule has 1 heterocycles. The lowest BCUT2D eigenvalue weighted by Gasteiger charge is -2.01. The molecule has 0 fully saturated rings. The molecule has 2 nitrogen and oxygen atoms in total. The highest BCUT2D eigenvalue weighted by atomic mass is 79.9. The van der Waals surface area contributed by atoms with E-state index in [1.807, 2.05) is 29.8 Å². The summed E-state index contributed by atoms with van der Waals surface area (Å²) in [5.41, 5.74) is 2.19. The summed E-state index contributed by atoms with van der Waals surface area (Å²) in [5.74, 6) is 0. The Bertz CT molecular complexity index is 487. The molecular weight excluding hydrogens is 242 g/mol. The van der Waals surface area contributed by atoms with E-state index < -0.39 is 0 Å². The van der Waals surface area contributed by atoms with Crippen LogP contribution in [0.5, 0.6) is 0 Å². The van der Waals surface area contributed by atoms with E-state index in [4.69, 9.17) is 0 Å². The first kappa shape index (κ1) is 9.46. The lowest BCUT2D eigenvalue weighted by molar-refractivity contribution is -0.107. The number of hydrogen-bond donors (Lipinski definition) is 0. The highest BCUT2D eigenvalue weighted by Crippen LogP contribution is 2.26. The number of aldehydes is 1. The topological polar surface area (TPSA) is 22.0 Å². The van der Waals surface area contributed by atoms with E-state index in [2.05, 4.69) is 22.0 Å². The smallest absolute Gasteiger partial charge is 0.125 e. The fourth-order valence-corrected chi connectivity index (χ4v) is 2.35. The van der Waals surface area contributed by atoms with Gasteiger partial charge in [0.05, 0.1) is 5.52 Å². The number of benzene rings is 1. The fourth-order valence-electron chi connectivity index (χ4n) is 1.70. The minimum atomic E-state index is 0.470. The Morgan fingerprint density at radius 3 is 2.93 bits per heavy atom. The van der Waals surface area contributed by atoms with Crippen molar-refractivity contribution in [3.05, 3.63) is 34.4 Å². The molecule has 72 valence electrons. The summed E-state index contributed by atoms with van der Waals surface area (Å²) in [6.45, 7) is 0. The molecule has 1 aromatic heterocycles. The van der Waals surface area contributed by atoms with E-state index in [1.165, 1.54) is 5.39 Å². The zero-order valence-electron chi connectivity index (χ0n) is 7.83. The van der Waals surface area contributed by atoms with Crippen molar-refractivity contribution < 1.29 is 4.79 Å². The quantitative estimate of drug-likeness (QED) is 0.753. The number of halogens is 1. The summed E-state index contributed by atoms with van der Waals surface area (Å²) in [4.78, 5) is 10.5. The molecule has 3 heteroatoms. The molecule has 0 saturated heterocycles. The molecule has 0 bridgehead atoms. The van der Waals surface area contributed by atoms with Gasteiger partial charge >= 0.3 is 0 Å². The maximum absolute atomic E-state index is 10.5. The van der Waals surface area contributed by atoms with Crippen LogP contribution in [0.4, 0.5) is 0 Å². The molecular formula is C11H10BrNO. The maximum Gasteiger partial charge on any atom is 0.125 e. The van der Waals surface area contributed by atoms with Crippen molar-refractivity contribution in [2.24, 2.45) is 7.05 Å². The molecule has 0 saturated carbocycles. The van der Waals surface area contributed by atoms with Crippen LogP contribution in [0, 0.1) is 0 Å². The summed E-state index contributed by atoms with van der Waals surface area (Å²) < 4.78 is 3.11. The number of hydrogen-bond acceptors (Lipinski definition) is 1. The monoisotopic (exact) mass is 251 g/mol. The second-order valence-electron chi connectivity index (χ2n) is 3.24. The van der Waals surface area contributed by atoms with Gasteiger partial charge in [-0.05, 0) is 28.1 Å². The van der Waals surface area contributed by atoms with Crippen molar-refractivity contribution >= 4 is 33.1 Å². The van der Waals surface area contributed by atoms with E-state index in [0.717, 1.165) is 22.0 Å². The van der Waals surface area contributed by atoms with E-state index in [-0.39, 0.29) is 0 Å². The van der Waals surface area contributed by atoms with Gasteiger partial charge in [0.2, 0.25) is 0 Å². The Morgan fingerprint density at radius 2 is 2.29 bits per heavy atom. The van der Waals surface area contributed by atoms with Gasteiger partial charge in [-0.25, -0.2) is 0 Å². The molecule has 0 amide bonds. The molecule has 0 N–H and O–H groups in total. The summed E-state index contributed by atoms with van der Waals surface area (Å²) in [7, 11) is 1.98. The number of aromatic nitrogens is 1. The highest BCUT2D eigenvalue weighted by Gasteiger charge is 2.07. The molecule has 0 aliphatic carbocycles. The molecule has 0 atom stereocenters. The predicted molar refractivity (Wildman–Crippen MR) is 60.4 cm³/mol. The number of carbonyl (C=O) groups excluding carboxylic acids is 1. The van der Waals surface area contributed by atoms with Crippen LogP contribution in [0.15, 0.2) is 28.7 Å². The van der Waals surface area contributed by atoms with Gasteiger partial charge in [-0.2, -0.15) is 0 Å². The van der Waals surface area contributed by atoms with Crippen molar-refractivity contribution in [2.75, 3.05) is 0 Å². The molecule has 0 unspecified atom stereocenters. The second kappa shape index (κ2) is 3.58. The summed E-state index contributed by atoms with van der Waals surface area (Å²) >= 11 is 3.50. The zero-order chi connectivity index (χ0) is 10.1. The van der Waals surface area contributed by atoms with E-state index >= 15 is 0 Å². The first-order valence-electron chi connectivity index (χ1n) is 4.40. The van der Waals surface area contributed by atoms with Gasteiger partial charge in [0.1, 0.15) is 6.29 Å². The number of para-hydroxylation sites is 1. The van der Waals surface area contributed by atoms with Gasteiger partial charge in [-0.3, -0.25) is 0 Å². The molecule has 0 spiro atoms. The molecule has 0 aliphatic heterocycles. The van der Waals surface area contributed by atoms with E-state index in [0.29, 0.717) is 6.42 Å². The van der Waals surface area contributed by atoms with Crippen LogP contribution < -0.4 is 0 Å². The summed E-state index contributed by atoms with van der Waals surface area (Å²) in [6.07, 6.45) is 1.40. The Kier molecular flexibility index (Phi) is 2.42. The van der Waals surface area contributed by atoms with Crippen molar-refractivity contribution in [1.29, 1.82) is 0 Å². The predicted octanol–water partition coefficient (Wildman–Crippen LogP) is 2.68. The first-order valence-corrected chi connectivity index (χ1v) is 5.20. The lowest BCUT2D eigenvalue weighted by atomic mass is 10.2. The van der Waals surface area contributed by atoms with Crippen molar-refractivity contribution in [1.82, 2.24) is 4.57 Å². The zero-order valence-corrected chi connectivity index (χ0v) is 9.41. The van der Waals surface area contributed by atoms with Crippen LogP contribution in [-0.4, -0.2) is 10.9 Å². The van der Waals surface area contributed by atoms with Gasteiger partial charge in [0.25, 0.3) is 0 Å². The fraction of sp³-hybridized carbons (Fsp3) is 0.182. The molecule has 14 heavy (non-hydrogen) atoms. The van der Waals surface area contributed by atoms with E-state index in [9.17, 15) is 4.79 Å². The van der Waals surface area contributed by atoms with Crippen molar-refractivity contribution in [3.63, 3.8) is 0 Å². The normalized spacial score (nSPS) is 10.7. The van der Waals surface area contributed by atoms with Gasteiger partial charge in [-0.15, -0.1) is 0 Å². The number of nitrogens with zero attached hydrogens (tertiary/aromatic N) is 1. The van der Waals surface area contributed by atoms with E-state index in [1.54, 1.807) is 0 Å². The molecule has 0 radical (unpaired) electrons. The van der Waals surface area contributed by atoms with Gasteiger partial charge in [0, 0.05) is 29.0 Å². The number of carbonyl (C=O) groups is 1.